The van der Waals surface area contributed by atoms with Gasteiger partial charge >= 0.3 is 0 Å². The Kier molecular flexibility index (Phi) is 3.97. The van der Waals surface area contributed by atoms with Crippen molar-refractivity contribution in [1.29, 1.82) is 0 Å². The van der Waals surface area contributed by atoms with Crippen molar-refractivity contribution in [2.45, 2.75) is 43.4 Å². The summed E-state index contributed by atoms with van der Waals surface area (Å²) < 4.78 is 0.536. The Morgan fingerprint density at radius 2 is 2.27 bits per heavy atom. The largest absolute Gasteiger partial charge is 0.313 e. The van der Waals surface area contributed by atoms with Crippen LogP contribution in [-0.2, 0) is 0 Å². The maximum Gasteiger partial charge on any atom is 0.0259 e. The summed E-state index contributed by atoms with van der Waals surface area (Å²) in [7, 11) is 2.26. The highest BCUT2D eigenvalue weighted by Gasteiger charge is 2.30. The summed E-state index contributed by atoms with van der Waals surface area (Å²) in [6.07, 6.45) is 5.61. The fourth-order valence-electron chi connectivity index (χ4n) is 2.36. The lowest BCUT2D eigenvalue weighted by Gasteiger charge is -2.29. The van der Waals surface area contributed by atoms with Crippen LogP contribution in [0.1, 0.15) is 32.6 Å². The first-order valence-electron chi connectivity index (χ1n) is 6.24. The summed E-state index contributed by atoms with van der Waals surface area (Å²) in [6.45, 7) is 6.05. The first-order chi connectivity index (χ1) is 7.18. The lowest BCUT2D eigenvalue weighted by molar-refractivity contribution is 0.298. The quantitative estimate of drug-likeness (QED) is 0.748. The molecule has 1 heterocycles. The second-order valence-electron chi connectivity index (χ2n) is 5.37. The third kappa shape index (κ3) is 3.97. The molecule has 0 aromatic heterocycles. The van der Waals surface area contributed by atoms with Crippen LogP contribution in [0.2, 0.25) is 0 Å². The van der Waals surface area contributed by atoms with E-state index in [1.54, 1.807) is 0 Å². The van der Waals surface area contributed by atoms with Crippen molar-refractivity contribution in [1.82, 2.24) is 10.2 Å². The van der Waals surface area contributed by atoms with Gasteiger partial charge in [0.05, 0.1) is 0 Å². The molecule has 88 valence electrons. The van der Waals surface area contributed by atoms with Gasteiger partial charge in [-0.05, 0) is 45.4 Å². The molecule has 1 saturated heterocycles. The molecule has 1 aliphatic carbocycles. The summed E-state index contributed by atoms with van der Waals surface area (Å²) in [4.78, 5) is 2.49. The third-order valence-corrected chi connectivity index (χ3v) is 4.93. The number of hydrogen-bond donors (Lipinski definition) is 1. The molecular weight excluding hydrogens is 204 g/mol. The minimum atomic E-state index is 0.536. The summed E-state index contributed by atoms with van der Waals surface area (Å²) in [5.41, 5.74) is 0. The number of rotatable bonds is 6. The van der Waals surface area contributed by atoms with Gasteiger partial charge in [0.25, 0.3) is 0 Å². The van der Waals surface area contributed by atoms with E-state index < -0.39 is 0 Å². The molecule has 1 unspecified atom stereocenters. The van der Waals surface area contributed by atoms with Crippen LogP contribution >= 0.6 is 11.8 Å². The highest BCUT2D eigenvalue weighted by atomic mass is 32.2. The van der Waals surface area contributed by atoms with Crippen molar-refractivity contribution in [3.63, 3.8) is 0 Å². The van der Waals surface area contributed by atoms with Crippen LogP contribution in [0.5, 0.6) is 0 Å². The van der Waals surface area contributed by atoms with Gasteiger partial charge in [0.2, 0.25) is 0 Å². The summed E-state index contributed by atoms with van der Waals surface area (Å²) in [5, 5.41) is 3.58. The topological polar surface area (TPSA) is 15.3 Å². The second-order valence-corrected chi connectivity index (χ2v) is 7.05. The average Bonchev–Trinajstić information content (AvgIpc) is 2.89. The third-order valence-electron chi connectivity index (χ3n) is 3.41. The number of nitrogens with one attached hydrogen (secondary N) is 1. The molecule has 1 saturated carbocycles. The van der Waals surface area contributed by atoms with E-state index in [0.717, 1.165) is 6.04 Å². The summed E-state index contributed by atoms with van der Waals surface area (Å²) in [6, 6.07) is 0.856. The Morgan fingerprint density at radius 3 is 2.87 bits per heavy atom. The lowest BCUT2D eigenvalue weighted by atomic mass is 10.1. The molecule has 0 amide bonds. The van der Waals surface area contributed by atoms with Gasteiger partial charge in [0.1, 0.15) is 0 Å². The Bertz CT molecular complexity index is 198. The predicted molar refractivity (Wildman–Crippen MR) is 68.6 cm³/mol. The zero-order valence-corrected chi connectivity index (χ0v) is 10.9. The van der Waals surface area contributed by atoms with Crippen LogP contribution in [0.15, 0.2) is 0 Å². The van der Waals surface area contributed by atoms with Crippen molar-refractivity contribution in [3.05, 3.63) is 0 Å². The van der Waals surface area contributed by atoms with Gasteiger partial charge in [-0.1, -0.05) is 0 Å². The number of nitrogens with zero attached hydrogens (tertiary/aromatic N) is 1. The van der Waals surface area contributed by atoms with Crippen molar-refractivity contribution in [2.24, 2.45) is 0 Å². The molecule has 15 heavy (non-hydrogen) atoms. The molecule has 2 fully saturated rings. The van der Waals surface area contributed by atoms with Crippen molar-refractivity contribution < 1.29 is 0 Å². The number of hydrogen-bond acceptors (Lipinski definition) is 3. The lowest BCUT2D eigenvalue weighted by Crippen LogP contribution is -2.38. The van der Waals surface area contributed by atoms with Gasteiger partial charge < -0.3 is 10.2 Å². The Morgan fingerprint density at radius 1 is 1.47 bits per heavy atom. The van der Waals surface area contributed by atoms with E-state index >= 15 is 0 Å². The fourth-order valence-corrected chi connectivity index (χ4v) is 3.74. The van der Waals surface area contributed by atoms with Crippen LogP contribution < -0.4 is 5.32 Å². The SMILES string of the molecule is CN(CCNC1CC1)CC1(C)CCCS1. The van der Waals surface area contributed by atoms with Gasteiger partial charge in [-0.2, -0.15) is 11.8 Å². The normalized spacial score (nSPS) is 31.4. The first-order valence-corrected chi connectivity index (χ1v) is 7.22. The first kappa shape index (κ1) is 11.7. The minimum absolute atomic E-state index is 0.536. The molecule has 2 nitrogen and oxygen atoms in total. The molecule has 1 aliphatic heterocycles. The Balaban J connectivity index is 1.59. The molecule has 0 bridgehead atoms. The van der Waals surface area contributed by atoms with E-state index in [-0.39, 0.29) is 0 Å². The highest BCUT2D eigenvalue weighted by molar-refractivity contribution is 8.00. The van der Waals surface area contributed by atoms with E-state index in [0.29, 0.717) is 4.75 Å². The minimum Gasteiger partial charge on any atom is -0.313 e. The fraction of sp³-hybridized carbons (Fsp3) is 1.00. The van der Waals surface area contributed by atoms with Gasteiger partial charge in [-0.25, -0.2) is 0 Å². The van der Waals surface area contributed by atoms with Crippen molar-refractivity contribution in [2.75, 3.05) is 32.4 Å². The molecule has 0 spiro atoms. The molecular formula is C12H24N2S. The van der Waals surface area contributed by atoms with Crippen LogP contribution in [0, 0.1) is 0 Å². The van der Waals surface area contributed by atoms with Gasteiger partial charge in [0.15, 0.2) is 0 Å². The predicted octanol–water partition coefficient (Wildman–Crippen LogP) is 1.96. The van der Waals surface area contributed by atoms with Crippen LogP contribution in [0.4, 0.5) is 0 Å². The monoisotopic (exact) mass is 228 g/mol. The molecule has 0 aromatic carbocycles. The van der Waals surface area contributed by atoms with E-state index in [9.17, 15) is 0 Å². The molecule has 3 heteroatoms. The Labute approximate surface area is 98.2 Å². The van der Waals surface area contributed by atoms with Gasteiger partial charge in [0, 0.05) is 30.4 Å². The maximum atomic E-state index is 3.58. The average molecular weight is 228 g/mol. The van der Waals surface area contributed by atoms with E-state index in [1.165, 1.54) is 51.1 Å². The smallest absolute Gasteiger partial charge is 0.0259 e. The summed E-state index contributed by atoms with van der Waals surface area (Å²) in [5.74, 6) is 1.37. The Hall–Kier alpha value is 0.270. The van der Waals surface area contributed by atoms with Crippen molar-refractivity contribution in [3.8, 4) is 0 Å². The van der Waals surface area contributed by atoms with E-state index in [4.69, 9.17) is 0 Å². The molecule has 1 N–H and O–H groups in total. The molecule has 2 rings (SSSR count). The zero-order valence-electron chi connectivity index (χ0n) is 10.1. The standard InChI is InChI=1S/C12H24N2S/c1-12(6-3-9-15-12)10-14(2)8-7-13-11-4-5-11/h11,13H,3-10H2,1-2H3. The van der Waals surface area contributed by atoms with Gasteiger partial charge in [-0.15, -0.1) is 0 Å². The number of thioether (sulfide) groups is 1. The molecule has 2 aliphatic rings. The van der Waals surface area contributed by atoms with Crippen LogP contribution in [0.25, 0.3) is 0 Å². The molecule has 1 atom stereocenters. The summed E-state index contributed by atoms with van der Waals surface area (Å²) >= 11 is 2.16. The van der Waals surface area contributed by atoms with Crippen LogP contribution in [0.3, 0.4) is 0 Å². The van der Waals surface area contributed by atoms with Gasteiger partial charge in [-0.3, -0.25) is 0 Å². The maximum absolute atomic E-state index is 3.58. The second kappa shape index (κ2) is 5.07. The van der Waals surface area contributed by atoms with E-state index in [1.807, 2.05) is 0 Å². The zero-order chi connectivity index (χ0) is 10.7. The molecule has 0 radical (unpaired) electrons. The van der Waals surface area contributed by atoms with Crippen LogP contribution in [-0.4, -0.2) is 48.1 Å². The van der Waals surface area contributed by atoms with E-state index in [2.05, 4.69) is 35.9 Å². The van der Waals surface area contributed by atoms with Crippen molar-refractivity contribution >= 4 is 11.8 Å². The highest BCUT2D eigenvalue weighted by Crippen LogP contribution is 2.37. The molecule has 0 aromatic rings. The number of likely N-dealkylation sites (N-methyl/N-ethyl adjacent to an activating group) is 1.